The van der Waals surface area contributed by atoms with Gasteiger partial charge in [-0.25, -0.2) is 0 Å². The summed E-state index contributed by atoms with van der Waals surface area (Å²) in [5.41, 5.74) is 6.43. The van der Waals surface area contributed by atoms with Crippen LogP contribution in [0, 0.1) is 33.6 Å². The summed E-state index contributed by atoms with van der Waals surface area (Å²) in [6.45, 7) is 26.4. The van der Waals surface area contributed by atoms with Gasteiger partial charge in [-0.3, -0.25) is 0 Å². The van der Waals surface area contributed by atoms with E-state index >= 15 is 0 Å². The molecule has 0 saturated heterocycles. The number of aryl methyl sites for hydroxylation is 4. The summed E-state index contributed by atoms with van der Waals surface area (Å²) in [6.07, 6.45) is 11.5. The Morgan fingerprint density at radius 2 is 0.977 bits per heavy atom. The molecule has 244 valence electrons. The van der Waals surface area contributed by atoms with Crippen LogP contribution in [0.5, 0.6) is 11.5 Å². The predicted molar refractivity (Wildman–Crippen MR) is 191 cm³/mol. The first kappa shape index (κ1) is 38.6. The SMILES string of the molecule is C1CCCC1.COc1c(C)cc(P(c2cc(C)c(OC)c(C)c2)C2CCCC2C(C)P(C(C)(C)C)C(C)(C)C)cc1C.[Fe]. The van der Waals surface area contributed by atoms with Crippen LogP contribution in [0.25, 0.3) is 0 Å². The minimum Gasteiger partial charge on any atom is -0.496 e. The third kappa shape index (κ3) is 9.47. The second-order valence-electron chi connectivity index (χ2n) is 15.0. The van der Waals surface area contributed by atoms with Gasteiger partial charge in [0.05, 0.1) is 14.2 Å². The zero-order valence-corrected chi connectivity index (χ0v) is 32.7. The maximum Gasteiger partial charge on any atom is 0.124 e. The Bertz CT molecular complexity index is 1050. The normalized spacial score (nSPS) is 19.6. The minimum atomic E-state index is -0.521. The summed E-state index contributed by atoms with van der Waals surface area (Å²) in [7, 11) is 2.90. The van der Waals surface area contributed by atoms with Crippen molar-refractivity contribution in [2.45, 2.75) is 149 Å². The van der Waals surface area contributed by atoms with Crippen molar-refractivity contribution in [2.24, 2.45) is 5.92 Å². The van der Waals surface area contributed by atoms with Gasteiger partial charge >= 0.3 is 0 Å². The van der Waals surface area contributed by atoms with Gasteiger partial charge in [-0.05, 0) is 133 Å². The quantitative estimate of drug-likeness (QED) is 0.216. The van der Waals surface area contributed by atoms with Crippen LogP contribution in [-0.2, 0) is 17.1 Å². The fraction of sp³-hybridized carbons (Fsp3) is 0.684. The summed E-state index contributed by atoms with van der Waals surface area (Å²) >= 11 is 0. The molecule has 2 saturated carbocycles. The molecule has 0 aliphatic heterocycles. The van der Waals surface area contributed by atoms with Crippen molar-refractivity contribution in [3.63, 3.8) is 0 Å². The first-order chi connectivity index (χ1) is 19.6. The van der Waals surface area contributed by atoms with E-state index in [0.717, 1.165) is 23.1 Å². The van der Waals surface area contributed by atoms with E-state index in [0.29, 0.717) is 16.0 Å². The Hall–Kier alpha value is -0.581. The topological polar surface area (TPSA) is 18.5 Å². The van der Waals surface area contributed by atoms with E-state index in [9.17, 15) is 0 Å². The van der Waals surface area contributed by atoms with E-state index in [1.165, 1.54) is 84.2 Å². The molecular weight excluding hydrogens is 606 g/mol. The molecule has 2 fully saturated rings. The average Bonchev–Trinajstić information content (AvgIpc) is 3.58. The van der Waals surface area contributed by atoms with E-state index in [1.54, 1.807) is 14.2 Å². The Morgan fingerprint density at radius 3 is 1.28 bits per heavy atom. The van der Waals surface area contributed by atoms with Crippen LogP contribution in [0.4, 0.5) is 0 Å². The Balaban J connectivity index is 0.000000973. The van der Waals surface area contributed by atoms with Gasteiger partial charge in [0.1, 0.15) is 11.5 Å². The van der Waals surface area contributed by atoms with Crippen LogP contribution in [-0.4, -0.2) is 35.8 Å². The average molecular weight is 669 g/mol. The predicted octanol–water partition coefficient (Wildman–Crippen LogP) is 11.0. The summed E-state index contributed by atoms with van der Waals surface area (Å²) in [5.74, 6) is 2.81. The number of methoxy groups -OCH3 is 2. The molecule has 3 unspecified atom stereocenters. The van der Waals surface area contributed by atoms with Crippen molar-refractivity contribution in [2.75, 3.05) is 14.2 Å². The van der Waals surface area contributed by atoms with Crippen LogP contribution in [0.1, 0.15) is 122 Å². The van der Waals surface area contributed by atoms with Crippen molar-refractivity contribution in [1.82, 2.24) is 0 Å². The van der Waals surface area contributed by atoms with Gasteiger partial charge < -0.3 is 9.47 Å². The fourth-order valence-electron chi connectivity index (χ4n) is 8.46. The van der Waals surface area contributed by atoms with Crippen molar-refractivity contribution in [1.29, 1.82) is 0 Å². The molecule has 2 aliphatic carbocycles. The van der Waals surface area contributed by atoms with E-state index in [-0.39, 0.29) is 25.0 Å². The number of benzene rings is 2. The zero-order chi connectivity index (χ0) is 31.4. The molecule has 2 aliphatic rings. The summed E-state index contributed by atoms with van der Waals surface area (Å²) in [6, 6.07) is 9.73. The monoisotopic (exact) mass is 668 g/mol. The van der Waals surface area contributed by atoms with Gasteiger partial charge in [0.2, 0.25) is 0 Å². The summed E-state index contributed by atoms with van der Waals surface area (Å²) in [5, 5.41) is 3.69. The second kappa shape index (κ2) is 16.3. The molecule has 43 heavy (non-hydrogen) atoms. The van der Waals surface area contributed by atoms with Crippen molar-refractivity contribution in [3.05, 3.63) is 46.5 Å². The molecule has 5 heteroatoms. The number of hydrogen-bond donors (Lipinski definition) is 0. The summed E-state index contributed by atoms with van der Waals surface area (Å²) < 4.78 is 11.5. The molecule has 0 N–H and O–H groups in total. The summed E-state index contributed by atoms with van der Waals surface area (Å²) in [4.78, 5) is 0. The van der Waals surface area contributed by atoms with Gasteiger partial charge in [0.15, 0.2) is 0 Å². The van der Waals surface area contributed by atoms with E-state index in [2.05, 4.69) is 100 Å². The second-order valence-corrected chi connectivity index (χ2v) is 21.7. The van der Waals surface area contributed by atoms with Crippen LogP contribution in [0.2, 0.25) is 0 Å². The smallest absolute Gasteiger partial charge is 0.124 e. The van der Waals surface area contributed by atoms with Crippen LogP contribution in [0.15, 0.2) is 24.3 Å². The third-order valence-electron chi connectivity index (χ3n) is 9.44. The number of rotatable bonds is 7. The van der Waals surface area contributed by atoms with Gasteiger partial charge in [-0.1, -0.05) is 94.9 Å². The molecule has 0 aromatic heterocycles. The molecule has 0 spiro atoms. The van der Waals surface area contributed by atoms with Crippen molar-refractivity contribution >= 4 is 26.5 Å². The maximum absolute atomic E-state index is 5.77. The number of hydrogen-bond acceptors (Lipinski definition) is 2. The van der Waals surface area contributed by atoms with Gasteiger partial charge in [-0.2, -0.15) is 0 Å². The molecule has 3 atom stereocenters. The Labute approximate surface area is 279 Å². The number of ether oxygens (including phenoxy) is 2. The fourth-order valence-corrected chi connectivity index (χ4v) is 17.4. The van der Waals surface area contributed by atoms with Crippen molar-refractivity contribution in [3.8, 4) is 11.5 Å². The van der Waals surface area contributed by atoms with Gasteiger partial charge in [0, 0.05) is 17.1 Å². The standard InChI is InChI=1S/C33H52O2P2.C5H10.Fe/c1-21-17-26(18-22(2)30(21)34-12)36(27-19-23(3)31(35-13)24(4)20-27)29-16-14-15-28(29)25(5)37(32(6,7)8)33(9,10)11;1-2-4-5-3-1;/h17-20,25,28-29H,14-16H2,1-13H3;1-5H2;. The first-order valence-electron chi connectivity index (χ1n) is 16.5. The van der Waals surface area contributed by atoms with Crippen LogP contribution >= 0.6 is 15.8 Å². The zero-order valence-electron chi connectivity index (χ0n) is 29.8. The molecule has 0 radical (unpaired) electrons. The largest absolute Gasteiger partial charge is 0.496 e. The van der Waals surface area contributed by atoms with Crippen molar-refractivity contribution < 1.29 is 26.5 Å². The maximum atomic E-state index is 5.77. The molecule has 0 heterocycles. The molecular formula is C38H62FeO2P2. The van der Waals surface area contributed by atoms with E-state index in [1.807, 2.05) is 0 Å². The molecule has 0 bridgehead atoms. The third-order valence-corrected chi connectivity index (χ3v) is 16.5. The van der Waals surface area contributed by atoms with Gasteiger partial charge in [-0.15, -0.1) is 0 Å². The molecule has 2 aromatic rings. The van der Waals surface area contributed by atoms with E-state index < -0.39 is 7.92 Å². The molecule has 2 aromatic carbocycles. The first-order valence-corrected chi connectivity index (χ1v) is 19.3. The molecule has 2 nitrogen and oxygen atoms in total. The van der Waals surface area contributed by atoms with Crippen LogP contribution < -0.4 is 20.1 Å². The Morgan fingerprint density at radius 1 is 0.628 bits per heavy atom. The molecule has 4 rings (SSSR count). The minimum absolute atomic E-state index is 0. The van der Waals surface area contributed by atoms with Crippen LogP contribution in [0.3, 0.4) is 0 Å². The Kier molecular flexibility index (Phi) is 14.6. The van der Waals surface area contributed by atoms with Gasteiger partial charge in [0.25, 0.3) is 0 Å². The van der Waals surface area contributed by atoms with E-state index in [4.69, 9.17) is 9.47 Å². The molecule has 0 amide bonds.